The van der Waals surface area contributed by atoms with Crippen molar-refractivity contribution in [1.82, 2.24) is 19.7 Å². The number of nitrogens with zero attached hydrogens (tertiary/aromatic N) is 4. The molecule has 2 aromatic heterocycles. The summed E-state index contributed by atoms with van der Waals surface area (Å²) in [5.74, 6) is 1.73. The third kappa shape index (κ3) is 3.56. The summed E-state index contributed by atoms with van der Waals surface area (Å²) in [4.78, 5) is 20.5. The maximum atomic E-state index is 11.8. The summed E-state index contributed by atoms with van der Waals surface area (Å²) < 4.78 is 12.2. The molecule has 0 radical (unpaired) electrons. The number of hydrogen-bond donors (Lipinski definition) is 0. The molecule has 0 spiro atoms. The van der Waals surface area contributed by atoms with Crippen LogP contribution in [0.1, 0.15) is 33.0 Å². The number of methoxy groups -OCH3 is 1. The molecule has 1 aromatic carbocycles. The average Bonchev–Trinajstić information content (AvgIpc) is 2.94. The Hall–Kier alpha value is -3.22. The first kappa shape index (κ1) is 17.6. The van der Waals surface area contributed by atoms with E-state index in [2.05, 4.69) is 21.1 Å². The molecule has 7 heteroatoms. The molecule has 0 fully saturated rings. The predicted octanol–water partition coefficient (Wildman–Crippen LogP) is 3.47. The molecule has 0 saturated heterocycles. The van der Waals surface area contributed by atoms with Gasteiger partial charge in [0, 0.05) is 6.07 Å². The number of benzene rings is 1. The maximum absolute atomic E-state index is 11.8. The highest BCUT2D eigenvalue weighted by molar-refractivity contribution is 5.90. The van der Waals surface area contributed by atoms with Crippen LogP contribution in [0.15, 0.2) is 30.5 Å². The molecular formula is C19H20N4O3. The van der Waals surface area contributed by atoms with Gasteiger partial charge in [-0.3, -0.25) is 0 Å². The number of ether oxygens (including phenoxy) is 2. The molecule has 0 aliphatic heterocycles. The van der Waals surface area contributed by atoms with Crippen LogP contribution in [0, 0.1) is 27.7 Å². The number of hydrogen-bond acceptors (Lipinski definition) is 6. The minimum absolute atomic E-state index is 0.389. The Kier molecular flexibility index (Phi) is 4.71. The summed E-state index contributed by atoms with van der Waals surface area (Å²) in [5.41, 5.74) is 3.24. The zero-order chi connectivity index (χ0) is 18.8. The summed E-state index contributed by atoms with van der Waals surface area (Å²) in [6, 6.07) is 7.65. The van der Waals surface area contributed by atoms with Crippen molar-refractivity contribution in [2.45, 2.75) is 27.7 Å². The van der Waals surface area contributed by atoms with Crippen LogP contribution in [0.5, 0.6) is 11.6 Å². The van der Waals surface area contributed by atoms with Crippen LogP contribution in [0.25, 0.3) is 5.82 Å². The highest BCUT2D eigenvalue weighted by Gasteiger charge is 2.17. The fourth-order valence-electron chi connectivity index (χ4n) is 2.75. The van der Waals surface area contributed by atoms with Crippen LogP contribution in [0.4, 0.5) is 0 Å². The molecule has 0 unspecified atom stereocenters. The van der Waals surface area contributed by atoms with E-state index in [0.717, 1.165) is 11.1 Å². The molecule has 0 aliphatic rings. The van der Waals surface area contributed by atoms with Crippen molar-refractivity contribution in [3.8, 4) is 17.4 Å². The first-order valence-electron chi connectivity index (χ1n) is 8.12. The van der Waals surface area contributed by atoms with Gasteiger partial charge in [0.25, 0.3) is 0 Å². The van der Waals surface area contributed by atoms with Crippen LogP contribution in [-0.4, -0.2) is 32.8 Å². The van der Waals surface area contributed by atoms with E-state index in [9.17, 15) is 4.79 Å². The minimum Gasteiger partial charge on any atom is -0.465 e. The van der Waals surface area contributed by atoms with Crippen molar-refractivity contribution in [2.24, 2.45) is 0 Å². The predicted molar refractivity (Wildman–Crippen MR) is 96.0 cm³/mol. The lowest BCUT2D eigenvalue weighted by atomic mass is 10.1. The maximum Gasteiger partial charge on any atom is 0.341 e. The number of carbonyl (C=O) groups excluding carboxylic acids is 1. The van der Waals surface area contributed by atoms with Gasteiger partial charge in [-0.15, -0.1) is 0 Å². The van der Waals surface area contributed by atoms with Crippen molar-refractivity contribution in [3.63, 3.8) is 0 Å². The minimum atomic E-state index is -0.439. The second-order valence-electron chi connectivity index (χ2n) is 6.08. The zero-order valence-electron chi connectivity index (χ0n) is 15.4. The van der Waals surface area contributed by atoms with Crippen molar-refractivity contribution in [1.29, 1.82) is 0 Å². The van der Waals surface area contributed by atoms with Gasteiger partial charge in [0.05, 0.1) is 19.0 Å². The Morgan fingerprint density at radius 3 is 2.35 bits per heavy atom. The van der Waals surface area contributed by atoms with Crippen molar-refractivity contribution in [3.05, 3.63) is 58.7 Å². The summed E-state index contributed by atoms with van der Waals surface area (Å²) >= 11 is 0. The molecular weight excluding hydrogens is 332 g/mol. The first-order valence-corrected chi connectivity index (χ1v) is 8.12. The van der Waals surface area contributed by atoms with Crippen molar-refractivity contribution in [2.75, 3.05) is 7.11 Å². The summed E-state index contributed by atoms with van der Waals surface area (Å²) in [6.07, 6.45) is 1.46. The first-order chi connectivity index (χ1) is 12.4. The third-order valence-corrected chi connectivity index (χ3v) is 3.85. The lowest BCUT2D eigenvalue weighted by Gasteiger charge is -2.10. The lowest BCUT2D eigenvalue weighted by Crippen LogP contribution is -2.07. The number of rotatable bonds is 4. The fourth-order valence-corrected chi connectivity index (χ4v) is 2.75. The Balaban J connectivity index is 1.98. The van der Waals surface area contributed by atoms with Gasteiger partial charge >= 0.3 is 5.97 Å². The standard InChI is InChI=1S/C19H20N4O3/c1-11-6-12(2)8-15(7-11)26-18-9-17(21-14(4)22-18)23-13(3)16(10-20-23)19(24)25-5/h6-10H,1-5H3. The molecule has 134 valence electrons. The summed E-state index contributed by atoms with van der Waals surface area (Å²) in [5, 5.41) is 4.24. The van der Waals surface area contributed by atoms with E-state index in [0.29, 0.717) is 34.5 Å². The molecule has 0 saturated carbocycles. The Morgan fingerprint density at radius 1 is 1.00 bits per heavy atom. The van der Waals surface area contributed by atoms with Crippen LogP contribution >= 0.6 is 0 Å². The van der Waals surface area contributed by atoms with Gasteiger partial charge in [0.15, 0.2) is 5.82 Å². The Bertz CT molecular complexity index is 959. The second kappa shape index (κ2) is 6.95. The highest BCUT2D eigenvalue weighted by atomic mass is 16.5. The van der Waals surface area contributed by atoms with Crippen LogP contribution < -0.4 is 4.74 Å². The largest absolute Gasteiger partial charge is 0.465 e. The molecule has 3 aromatic rings. The Morgan fingerprint density at radius 2 is 1.69 bits per heavy atom. The molecule has 0 aliphatic carbocycles. The molecule has 0 amide bonds. The quantitative estimate of drug-likeness (QED) is 0.669. The van der Waals surface area contributed by atoms with Crippen molar-refractivity contribution < 1.29 is 14.3 Å². The van der Waals surface area contributed by atoms with Crippen LogP contribution in [-0.2, 0) is 4.74 Å². The molecule has 26 heavy (non-hydrogen) atoms. The number of carbonyl (C=O) groups is 1. The Labute approximate surface area is 151 Å². The van der Waals surface area contributed by atoms with E-state index in [-0.39, 0.29) is 0 Å². The number of aryl methyl sites for hydroxylation is 3. The second-order valence-corrected chi connectivity index (χ2v) is 6.08. The average molecular weight is 352 g/mol. The molecule has 0 atom stereocenters. The smallest absolute Gasteiger partial charge is 0.341 e. The molecule has 2 heterocycles. The van der Waals surface area contributed by atoms with Gasteiger partial charge in [-0.25, -0.2) is 14.5 Å². The third-order valence-electron chi connectivity index (χ3n) is 3.85. The number of esters is 1. The van der Waals surface area contributed by atoms with E-state index in [1.54, 1.807) is 24.6 Å². The van der Waals surface area contributed by atoms with Gasteiger partial charge in [0.1, 0.15) is 17.1 Å². The van der Waals surface area contributed by atoms with E-state index in [1.807, 2.05) is 26.0 Å². The summed E-state index contributed by atoms with van der Waals surface area (Å²) in [7, 11) is 1.34. The van der Waals surface area contributed by atoms with E-state index < -0.39 is 5.97 Å². The lowest BCUT2D eigenvalue weighted by molar-refractivity contribution is 0.0600. The molecule has 0 N–H and O–H groups in total. The molecule has 7 nitrogen and oxygen atoms in total. The SMILES string of the molecule is COC(=O)c1cnn(-c2cc(Oc3cc(C)cc(C)c3)nc(C)n2)c1C. The van der Waals surface area contributed by atoms with Gasteiger partial charge in [-0.2, -0.15) is 10.1 Å². The van der Waals surface area contributed by atoms with E-state index >= 15 is 0 Å². The van der Waals surface area contributed by atoms with Crippen molar-refractivity contribution >= 4 is 5.97 Å². The topological polar surface area (TPSA) is 79.1 Å². The monoisotopic (exact) mass is 352 g/mol. The van der Waals surface area contributed by atoms with Gasteiger partial charge in [0.2, 0.25) is 5.88 Å². The normalized spacial score (nSPS) is 10.7. The molecule has 3 rings (SSSR count). The number of aromatic nitrogens is 4. The fraction of sp³-hybridized carbons (Fsp3) is 0.263. The van der Waals surface area contributed by atoms with Gasteiger partial charge in [-0.1, -0.05) is 6.07 Å². The highest BCUT2D eigenvalue weighted by Crippen LogP contribution is 2.24. The van der Waals surface area contributed by atoms with Gasteiger partial charge in [-0.05, 0) is 51.0 Å². The van der Waals surface area contributed by atoms with Crippen LogP contribution in [0.2, 0.25) is 0 Å². The van der Waals surface area contributed by atoms with E-state index in [1.165, 1.54) is 13.3 Å². The van der Waals surface area contributed by atoms with Crippen LogP contribution in [0.3, 0.4) is 0 Å². The summed E-state index contributed by atoms with van der Waals surface area (Å²) in [6.45, 7) is 7.58. The zero-order valence-corrected chi connectivity index (χ0v) is 15.4. The van der Waals surface area contributed by atoms with E-state index in [4.69, 9.17) is 9.47 Å². The molecule has 0 bridgehead atoms. The van der Waals surface area contributed by atoms with Gasteiger partial charge < -0.3 is 9.47 Å².